The summed E-state index contributed by atoms with van der Waals surface area (Å²) < 4.78 is 31.7. The Labute approximate surface area is 187 Å². The predicted octanol–water partition coefficient (Wildman–Crippen LogP) is 6.46. The van der Waals surface area contributed by atoms with Gasteiger partial charge in [0.25, 0.3) is 6.43 Å². The van der Waals surface area contributed by atoms with Gasteiger partial charge in [0, 0.05) is 11.3 Å². The summed E-state index contributed by atoms with van der Waals surface area (Å²) in [4.78, 5) is 16.8. The minimum atomic E-state index is -2.71. The van der Waals surface area contributed by atoms with Crippen molar-refractivity contribution in [2.75, 3.05) is 7.11 Å². The van der Waals surface area contributed by atoms with Crippen LogP contribution < -0.4 is 4.74 Å². The molecule has 0 fully saturated rings. The molecular weight excluding hydrogens is 438 g/mol. The first-order valence-corrected chi connectivity index (χ1v) is 11.0. The Bertz CT molecular complexity index is 1150. The van der Waals surface area contributed by atoms with Gasteiger partial charge in [0.2, 0.25) is 0 Å². The summed E-state index contributed by atoms with van der Waals surface area (Å²) in [6.07, 6.45) is 0.514. The number of allylic oxidation sites excluding steroid dienone is 1. The number of aromatic nitrogens is 1. The van der Waals surface area contributed by atoms with E-state index in [-0.39, 0.29) is 22.1 Å². The highest BCUT2D eigenvalue weighted by molar-refractivity contribution is 7.98. The van der Waals surface area contributed by atoms with Gasteiger partial charge >= 0.3 is 0 Å². The highest BCUT2D eigenvalue weighted by Gasteiger charge is 2.17. The summed E-state index contributed by atoms with van der Waals surface area (Å²) in [7, 11) is 1.54. The number of methoxy groups -OCH3 is 1. The molecule has 0 bridgehead atoms. The van der Waals surface area contributed by atoms with Gasteiger partial charge in [-0.15, -0.1) is 23.1 Å². The number of halogens is 2. The van der Waals surface area contributed by atoms with E-state index in [1.807, 2.05) is 29.6 Å². The molecule has 158 valence electrons. The maximum Gasteiger partial charge on any atom is 0.280 e. The molecule has 0 atom stereocenters. The fraction of sp³-hybridized carbons (Fsp3) is 0.174. The third kappa shape index (κ3) is 5.57. The van der Waals surface area contributed by atoms with Crippen molar-refractivity contribution < 1.29 is 18.3 Å². The van der Waals surface area contributed by atoms with Crippen LogP contribution in [0.5, 0.6) is 5.75 Å². The normalized spacial score (nSPS) is 11.1. The van der Waals surface area contributed by atoms with Crippen LogP contribution in [0.4, 0.5) is 8.78 Å². The second-order valence-electron chi connectivity index (χ2n) is 6.49. The van der Waals surface area contributed by atoms with Gasteiger partial charge in [0.15, 0.2) is 5.78 Å². The average Bonchev–Trinajstić information content (AvgIpc) is 3.30. The number of ketones is 1. The van der Waals surface area contributed by atoms with Crippen molar-refractivity contribution in [3.05, 3.63) is 80.7 Å². The van der Waals surface area contributed by atoms with E-state index in [0.29, 0.717) is 21.9 Å². The first-order valence-electron chi connectivity index (χ1n) is 9.18. The van der Waals surface area contributed by atoms with Gasteiger partial charge in [-0.3, -0.25) is 4.79 Å². The highest BCUT2D eigenvalue weighted by atomic mass is 32.2. The molecule has 0 amide bonds. The molecule has 3 aromatic rings. The van der Waals surface area contributed by atoms with Crippen LogP contribution in [0, 0.1) is 18.3 Å². The standard InChI is InChI=1S/C23H18F2N2O2S2/c1-14-10-18(22(24)25)27-23(17(14)12-26)31-13-16-11-15(6-8-20(16)29-2)5-7-19(28)21-4-3-9-30-21/h3-11,22H,13H2,1-2H3/b7-5+. The zero-order chi connectivity index (χ0) is 22.4. The lowest BCUT2D eigenvalue weighted by Crippen LogP contribution is -1.99. The van der Waals surface area contributed by atoms with E-state index < -0.39 is 6.43 Å². The summed E-state index contributed by atoms with van der Waals surface area (Å²) >= 11 is 2.57. The lowest BCUT2D eigenvalue weighted by Gasteiger charge is -2.12. The van der Waals surface area contributed by atoms with Gasteiger partial charge in [0.1, 0.15) is 22.5 Å². The molecule has 0 spiro atoms. The molecule has 0 aliphatic carbocycles. The SMILES string of the molecule is COc1ccc(/C=C/C(=O)c2cccs2)cc1CSc1nc(C(F)F)cc(C)c1C#N. The lowest BCUT2D eigenvalue weighted by molar-refractivity contribution is 0.105. The van der Waals surface area contributed by atoms with E-state index in [9.17, 15) is 18.8 Å². The molecule has 3 rings (SSSR count). The number of carbonyl (C=O) groups is 1. The Hall–Kier alpha value is -3.02. The third-order valence-corrected chi connectivity index (χ3v) is 6.31. The van der Waals surface area contributed by atoms with Crippen molar-refractivity contribution in [1.82, 2.24) is 4.98 Å². The molecule has 0 radical (unpaired) electrons. The molecule has 8 heteroatoms. The van der Waals surface area contributed by atoms with E-state index >= 15 is 0 Å². The third-order valence-electron chi connectivity index (χ3n) is 4.40. The number of ether oxygens (including phenoxy) is 1. The molecule has 0 unspecified atom stereocenters. The largest absolute Gasteiger partial charge is 0.496 e. The number of rotatable bonds is 8. The monoisotopic (exact) mass is 456 g/mol. The quantitative estimate of drug-likeness (QED) is 0.221. The number of nitrogens with zero attached hydrogens (tertiary/aromatic N) is 2. The van der Waals surface area contributed by atoms with Crippen LogP contribution in [0.2, 0.25) is 0 Å². The van der Waals surface area contributed by atoms with Gasteiger partial charge in [-0.1, -0.05) is 18.2 Å². The Morgan fingerprint density at radius 3 is 2.81 bits per heavy atom. The van der Waals surface area contributed by atoms with Crippen molar-refractivity contribution in [2.45, 2.75) is 24.1 Å². The molecule has 4 nitrogen and oxygen atoms in total. The highest BCUT2D eigenvalue weighted by Crippen LogP contribution is 2.32. The summed E-state index contributed by atoms with van der Waals surface area (Å²) in [6, 6.07) is 12.3. The molecule has 2 aromatic heterocycles. The fourth-order valence-electron chi connectivity index (χ4n) is 2.85. The van der Waals surface area contributed by atoms with Gasteiger partial charge in [0.05, 0.1) is 17.6 Å². The van der Waals surface area contributed by atoms with E-state index in [0.717, 1.165) is 11.1 Å². The molecule has 0 saturated heterocycles. The number of nitriles is 1. The van der Waals surface area contributed by atoms with Crippen LogP contribution in [-0.2, 0) is 5.75 Å². The van der Waals surface area contributed by atoms with Crippen LogP contribution >= 0.6 is 23.1 Å². The van der Waals surface area contributed by atoms with Crippen LogP contribution in [0.3, 0.4) is 0 Å². The van der Waals surface area contributed by atoms with Gasteiger partial charge in [-0.05, 0) is 53.8 Å². The van der Waals surface area contributed by atoms with Crippen molar-refractivity contribution >= 4 is 35.0 Å². The molecule has 31 heavy (non-hydrogen) atoms. The zero-order valence-electron chi connectivity index (χ0n) is 16.8. The van der Waals surface area contributed by atoms with E-state index in [1.165, 1.54) is 35.2 Å². The van der Waals surface area contributed by atoms with Crippen LogP contribution in [0.1, 0.15) is 44.0 Å². The zero-order valence-corrected chi connectivity index (χ0v) is 18.4. The molecular formula is C23H18F2N2O2S2. The van der Waals surface area contributed by atoms with E-state index in [2.05, 4.69) is 4.98 Å². The fourth-order valence-corrected chi connectivity index (χ4v) is 4.54. The number of benzene rings is 1. The van der Waals surface area contributed by atoms with E-state index in [1.54, 1.807) is 32.2 Å². The average molecular weight is 457 g/mol. The number of hydrogen-bond donors (Lipinski definition) is 0. The Kier molecular flexibility index (Phi) is 7.55. The number of hydrogen-bond acceptors (Lipinski definition) is 6. The van der Waals surface area contributed by atoms with Crippen LogP contribution in [0.25, 0.3) is 6.08 Å². The minimum Gasteiger partial charge on any atom is -0.496 e. The lowest BCUT2D eigenvalue weighted by atomic mass is 10.1. The Morgan fingerprint density at radius 2 is 2.16 bits per heavy atom. The van der Waals surface area contributed by atoms with Crippen molar-refractivity contribution in [1.29, 1.82) is 5.26 Å². The molecule has 1 aromatic carbocycles. The van der Waals surface area contributed by atoms with Crippen molar-refractivity contribution in [3.8, 4) is 11.8 Å². The number of alkyl halides is 2. The second kappa shape index (κ2) is 10.3. The van der Waals surface area contributed by atoms with Gasteiger partial charge in [-0.25, -0.2) is 13.8 Å². The van der Waals surface area contributed by atoms with E-state index in [4.69, 9.17) is 4.74 Å². The first-order chi connectivity index (χ1) is 14.9. The number of carbonyl (C=O) groups excluding carboxylic acids is 1. The number of thioether (sulfide) groups is 1. The maximum absolute atomic E-state index is 13.1. The van der Waals surface area contributed by atoms with Gasteiger partial charge in [-0.2, -0.15) is 5.26 Å². The molecule has 2 heterocycles. The summed E-state index contributed by atoms with van der Waals surface area (Å²) in [5.74, 6) is 0.899. The number of thiophene rings is 1. The van der Waals surface area contributed by atoms with Crippen molar-refractivity contribution in [2.24, 2.45) is 0 Å². The Morgan fingerprint density at radius 1 is 1.35 bits per heavy atom. The van der Waals surface area contributed by atoms with Crippen LogP contribution in [-0.4, -0.2) is 17.9 Å². The molecule has 0 aliphatic rings. The summed E-state index contributed by atoms with van der Waals surface area (Å²) in [6.45, 7) is 1.62. The summed E-state index contributed by atoms with van der Waals surface area (Å²) in [5.41, 5.74) is 1.99. The second-order valence-corrected chi connectivity index (χ2v) is 8.40. The maximum atomic E-state index is 13.1. The number of pyridine rings is 1. The first kappa shape index (κ1) is 22.7. The minimum absolute atomic E-state index is 0.0797. The molecule has 0 N–H and O–H groups in total. The Balaban J connectivity index is 1.84. The molecule has 0 aliphatic heterocycles. The van der Waals surface area contributed by atoms with Gasteiger partial charge < -0.3 is 4.74 Å². The van der Waals surface area contributed by atoms with Crippen molar-refractivity contribution in [3.63, 3.8) is 0 Å². The topological polar surface area (TPSA) is 63.0 Å². The van der Waals surface area contributed by atoms with Crippen LogP contribution in [0.15, 0.2) is 52.9 Å². The predicted molar refractivity (Wildman–Crippen MR) is 119 cm³/mol. The smallest absolute Gasteiger partial charge is 0.280 e. The number of aryl methyl sites for hydroxylation is 1. The summed E-state index contributed by atoms with van der Waals surface area (Å²) in [5, 5.41) is 11.5. The molecule has 0 saturated carbocycles.